The maximum absolute atomic E-state index is 6.69. The Labute approximate surface area is 311 Å². The van der Waals surface area contributed by atoms with Gasteiger partial charge in [0.1, 0.15) is 16.7 Å². The fourth-order valence-electron chi connectivity index (χ4n) is 8.12. The Morgan fingerprint density at radius 2 is 1.00 bits per heavy atom. The maximum atomic E-state index is 6.69. The van der Waals surface area contributed by atoms with Gasteiger partial charge in [-0.1, -0.05) is 121 Å². The monoisotopic (exact) mass is 692 g/mol. The van der Waals surface area contributed by atoms with Gasteiger partial charge in [0.15, 0.2) is 0 Å². The number of fused-ring (bicyclic) bond motifs is 8. The minimum absolute atomic E-state index is 0.851. The summed E-state index contributed by atoms with van der Waals surface area (Å²) < 4.78 is 15.2. The van der Waals surface area contributed by atoms with Gasteiger partial charge in [0.2, 0.25) is 5.71 Å². The topological polar surface area (TPSA) is 34.5 Å². The zero-order valence-electron chi connectivity index (χ0n) is 29.2. The van der Waals surface area contributed by atoms with Crippen molar-refractivity contribution in [3.63, 3.8) is 0 Å². The molecule has 4 nitrogen and oxygen atoms in total. The summed E-state index contributed by atoms with van der Waals surface area (Å²) in [5.41, 5.74) is 13.4. The van der Waals surface area contributed by atoms with Gasteiger partial charge in [-0.25, -0.2) is 0 Å². The van der Waals surface area contributed by atoms with E-state index in [0.29, 0.717) is 0 Å². The van der Waals surface area contributed by atoms with E-state index in [1.54, 1.807) is 0 Å². The first-order valence-corrected chi connectivity index (χ1v) is 18.3. The largest absolute Gasteiger partial charge is 0.456 e. The predicted molar refractivity (Wildman–Crippen MR) is 223 cm³/mol. The van der Waals surface area contributed by atoms with Crippen LogP contribution in [0.1, 0.15) is 0 Å². The molecule has 0 atom stereocenters. The summed E-state index contributed by atoms with van der Waals surface area (Å²) in [5.74, 6) is 0. The van der Waals surface area contributed by atoms with E-state index in [0.717, 1.165) is 83.4 Å². The predicted octanol–water partition coefficient (Wildman–Crippen LogP) is 14.2. The molecular weight excluding hydrogens is 661 g/mol. The standard InChI is InChI=1S/C50H32N2O2/c1-3-13-33(14-4-1)34-23-26-37(27-24-34)51(38-28-30-47-42(32-38)40-18-9-12-22-46(40)53-47)44-20-10-7-17-39(44)35-25-29-48-43(31-35)49-41-19-8-11-21-45(41)52(50(49)54-48)36-15-5-2-6-16-36/h1-32H. The number of hydrogen-bond acceptors (Lipinski definition) is 3. The first-order valence-electron chi connectivity index (χ1n) is 18.3. The van der Waals surface area contributed by atoms with Crippen LogP contribution in [0.15, 0.2) is 203 Å². The summed E-state index contributed by atoms with van der Waals surface area (Å²) in [6.45, 7) is 0. The van der Waals surface area contributed by atoms with Gasteiger partial charge in [-0.15, -0.1) is 0 Å². The van der Waals surface area contributed by atoms with Crippen LogP contribution in [-0.4, -0.2) is 4.57 Å². The molecule has 0 bridgehead atoms. The summed E-state index contributed by atoms with van der Waals surface area (Å²) >= 11 is 0. The number of aromatic nitrogens is 1. The van der Waals surface area contributed by atoms with E-state index in [-0.39, 0.29) is 0 Å². The molecule has 0 amide bonds. The number of rotatable bonds is 6. The van der Waals surface area contributed by atoms with Gasteiger partial charge in [0, 0.05) is 44.2 Å². The van der Waals surface area contributed by atoms with Crippen molar-refractivity contribution in [2.75, 3.05) is 4.90 Å². The highest BCUT2D eigenvalue weighted by Crippen LogP contribution is 2.45. The number of para-hydroxylation sites is 4. The first-order chi connectivity index (χ1) is 26.8. The molecule has 3 aromatic heterocycles. The van der Waals surface area contributed by atoms with Gasteiger partial charge >= 0.3 is 0 Å². The zero-order valence-corrected chi connectivity index (χ0v) is 29.2. The summed E-state index contributed by atoms with van der Waals surface area (Å²) in [6, 6.07) is 68.5. The van der Waals surface area contributed by atoms with E-state index in [2.05, 4.69) is 185 Å². The molecule has 54 heavy (non-hydrogen) atoms. The Morgan fingerprint density at radius 3 is 1.85 bits per heavy atom. The first kappa shape index (κ1) is 30.3. The molecule has 0 fully saturated rings. The molecule has 0 aliphatic rings. The molecule has 254 valence electrons. The Hall–Kier alpha value is -7.30. The van der Waals surface area contributed by atoms with E-state index in [4.69, 9.17) is 8.83 Å². The third kappa shape index (κ3) is 4.78. The molecule has 0 radical (unpaired) electrons. The molecule has 4 heteroatoms. The molecule has 0 saturated carbocycles. The minimum atomic E-state index is 0.851. The Kier molecular flexibility index (Phi) is 6.82. The minimum Gasteiger partial charge on any atom is -0.456 e. The van der Waals surface area contributed by atoms with Gasteiger partial charge in [-0.2, -0.15) is 0 Å². The Bertz CT molecular complexity index is 3150. The van der Waals surface area contributed by atoms with Gasteiger partial charge < -0.3 is 13.7 Å². The third-order valence-electron chi connectivity index (χ3n) is 10.6. The van der Waals surface area contributed by atoms with Crippen molar-refractivity contribution in [2.24, 2.45) is 0 Å². The molecule has 0 unspecified atom stereocenters. The smallest absolute Gasteiger partial charge is 0.213 e. The molecule has 0 spiro atoms. The lowest BCUT2D eigenvalue weighted by Crippen LogP contribution is -2.11. The Balaban J connectivity index is 1.12. The van der Waals surface area contributed by atoms with E-state index < -0.39 is 0 Å². The summed E-state index contributed by atoms with van der Waals surface area (Å²) in [6.07, 6.45) is 0. The van der Waals surface area contributed by atoms with Crippen molar-refractivity contribution in [3.8, 4) is 27.9 Å². The van der Waals surface area contributed by atoms with Gasteiger partial charge in [-0.05, 0) is 89.5 Å². The zero-order chi connectivity index (χ0) is 35.6. The van der Waals surface area contributed by atoms with Crippen LogP contribution in [0, 0.1) is 0 Å². The van der Waals surface area contributed by atoms with Gasteiger partial charge in [-0.3, -0.25) is 4.57 Å². The molecule has 0 aliphatic carbocycles. The normalized spacial score (nSPS) is 11.7. The average Bonchev–Trinajstić information content (AvgIpc) is 3.90. The SMILES string of the molecule is c1ccc(-c2ccc(N(c3ccc4oc5ccccc5c4c3)c3ccccc3-c3ccc4oc5c(c4c3)c3ccccc3n5-c3ccccc3)cc2)cc1. The van der Waals surface area contributed by atoms with Crippen LogP contribution in [0.3, 0.4) is 0 Å². The molecule has 0 saturated heterocycles. The van der Waals surface area contributed by atoms with Gasteiger partial charge in [0.05, 0.1) is 16.6 Å². The van der Waals surface area contributed by atoms with Crippen molar-refractivity contribution in [2.45, 2.75) is 0 Å². The lowest BCUT2D eigenvalue weighted by molar-refractivity contribution is 0.645. The molecule has 8 aromatic carbocycles. The van der Waals surface area contributed by atoms with Crippen LogP contribution in [0.25, 0.3) is 82.9 Å². The Morgan fingerprint density at radius 1 is 0.389 bits per heavy atom. The van der Waals surface area contributed by atoms with Crippen molar-refractivity contribution >= 4 is 72.0 Å². The van der Waals surface area contributed by atoms with Gasteiger partial charge in [0.25, 0.3) is 0 Å². The lowest BCUT2D eigenvalue weighted by Gasteiger charge is -2.28. The molecule has 3 heterocycles. The maximum Gasteiger partial charge on any atom is 0.213 e. The number of nitrogens with zero attached hydrogens (tertiary/aromatic N) is 2. The second-order valence-corrected chi connectivity index (χ2v) is 13.7. The quantitative estimate of drug-likeness (QED) is 0.174. The third-order valence-corrected chi connectivity index (χ3v) is 10.6. The average molecular weight is 693 g/mol. The highest BCUT2D eigenvalue weighted by atomic mass is 16.3. The lowest BCUT2D eigenvalue weighted by atomic mass is 9.99. The molecule has 0 aliphatic heterocycles. The second kappa shape index (κ2) is 12.1. The van der Waals surface area contributed by atoms with E-state index in [1.807, 2.05) is 18.2 Å². The number of hydrogen-bond donors (Lipinski definition) is 0. The van der Waals surface area contributed by atoms with Crippen LogP contribution in [0.2, 0.25) is 0 Å². The fraction of sp³-hybridized carbons (Fsp3) is 0. The molecular formula is C50H32N2O2. The van der Waals surface area contributed by atoms with E-state index in [1.165, 1.54) is 16.5 Å². The van der Waals surface area contributed by atoms with Crippen molar-refractivity contribution in [1.29, 1.82) is 0 Å². The van der Waals surface area contributed by atoms with E-state index in [9.17, 15) is 0 Å². The van der Waals surface area contributed by atoms with Crippen LogP contribution in [0.4, 0.5) is 17.1 Å². The van der Waals surface area contributed by atoms with Crippen molar-refractivity contribution in [3.05, 3.63) is 194 Å². The van der Waals surface area contributed by atoms with Crippen LogP contribution < -0.4 is 4.90 Å². The van der Waals surface area contributed by atoms with Crippen LogP contribution in [-0.2, 0) is 0 Å². The van der Waals surface area contributed by atoms with Crippen molar-refractivity contribution in [1.82, 2.24) is 4.57 Å². The van der Waals surface area contributed by atoms with Crippen molar-refractivity contribution < 1.29 is 8.83 Å². The molecule has 0 N–H and O–H groups in total. The second-order valence-electron chi connectivity index (χ2n) is 13.7. The molecule has 11 rings (SSSR count). The number of benzene rings is 8. The summed E-state index contributed by atoms with van der Waals surface area (Å²) in [7, 11) is 0. The number of furan rings is 2. The highest BCUT2D eigenvalue weighted by Gasteiger charge is 2.22. The summed E-state index contributed by atoms with van der Waals surface area (Å²) in [5, 5.41) is 5.57. The molecule has 11 aromatic rings. The van der Waals surface area contributed by atoms with Crippen LogP contribution in [0.5, 0.6) is 0 Å². The fourth-order valence-corrected chi connectivity index (χ4v) is 8.12. The summed E-state index contributed by atoms with van der Waals surface area (Å²) in [4.78, 5) is 2.36. The van der Waals surface area contributed by atoms with Crippen LogP contribution >= 0.6 is 0 Å². The highest BCUT2D eigenvalue weighted by molar-refractivity contribution is 6.20. The number of anilines is 3. The van der Waals surface area contributed by atoms with E-state index >= 15 is 0 Å².